The van der Waals surface area contributed by atoms with E-state index >= 15 is 0 Å². The minimum absolute atomic E-state index is 0.230. The lowest BCUT2D eigenvalue weighted by molar-refractivity contribution is -0.146. The van der Waals surface area contributed by atoms with Crippen molar-refractivity contribution < 1.29 is 9.53 Å². The van der Waals surface area contributed by atoms with E-state index in [9.17, 15) is 4.79 Å². The van der Waals surface area contributed by atoms with Crippen molar-refractivity contribution in [2.45, 2.75) is 81.6 Å². The Morgan fingerprint density at radius 3 is 2.66 bits per heavy atom. The van der Waals surface area contributed by atoms with E-state index in [0.29, 0.717) is 18.4 Å². The summed E-state index contributed by atoms with van der Waals surface area (Å²) in [7, 11) is 0. The predicted octanol–water partition coefficient (Wildman–Crippen LogP) is 3.11. The molecular formula is C21H33N5O2S. The summed E-state index contributed by atoms with van der Waals surface area (Å²) in [5.41, 5.74) is 0. The minimum atomic E-state index is 0.230. The van der Waals surface area contributed by atoms with E-state index in [4.69, 9.17) is 4.74 Å². The molecule has 0 radical (unpaired) electrons. The third kappa shape index (κ3) is 4.15. The van der Waals surface area contributed by atoms with Crippen LogP contribution < -0.4 is 4.90 Å². The van der Waals surface area contributed by atoms with Crippen LogP contribution in [0.2, 0.25) is 0 Å². The van der Waals surface area contributed by atoms with Gasteiger partial charge in [-0.15, -0.1) is 10.2 Å². The standard InChI is InChI=1S/C21H33N5O2S/c1-15-8-10-24(11-9-15)20-22-23-21(26(20)16-6-7-16)29-14-19(27)25-12-13-28-18-5-3-2-4-17(18)25/h15-18H,2-14H2,1H3. The zero-order valence-electron chi connectivity index (χ0n) is 17.5. The lowest BCUT2D eigenvalue weighted by Crippen LogP contribution is -2.55. The van der Waals surface area contributed by atoms with E-state index in [-0.39, 0.29) is 18.1 Å². The van der Waals surface area contributed by atoms with Gasteiger partial charge in [0.1, 0.15) is 0 Å². The van der Waals surface area contributed by atoms with Gasteiger partial charge >= 0.3 is 0 Å². The van der Waals surface area contributed by atoms with E-state index in [1.807, 2.05) is 0 Å². The molecule has 2 unspecified atom stereocenters. The number of rotatable bonds is 5. The van der Waals surface area contributed by atoms with Gasteiger partial charge in [-0.3, -0.25) is 9.36 Å². The van der Waals surface area contributed by atoms with Gasteiger partial charge in [0.2, 0.25) is 11.9 Å². The average Bonchev–Trinajstić information content (AvgIpc) is 3.51. The van der Waals surface area contributed by atoms with Crippen LogP contribution in [0.1, 0.15) is 64.3 Å². The van der Waals surface area contributed by atoms with Crippen LogP contribution in [-0.2, 0) is 9.53 Å². The summed E-state index contributed by atoms with van der Waals surface area (Å²) >= 11 is 1.57. The van der Waals surface area contributed by atoms with Crippen LogP contribution in [0.15, 0.2) is 5.16 Å². The molecule has 1 aromatic heterocycles. The number of nitrogens with zero attached hydrogens (tertiary/aromatic N) is 5. The van der Waals surface area contributed by atoms with Crippen molar-refractivity contribution in [2.24, 2.45) is 5.92 Å². The Balaban J connectivity index is 1.25. The number of carbonyl (C=O) groups excluding carboxylic acids is 1. The van der Waals surface area contributed by atoms with Gasteiger partial charge in [-0.05, 0) is 44.4 Å². The average molecular weight is 420 g/mol. The van der Waals surface area contributed by atoms with Gasteiger partial charge in [0, 0.05) is 25.7 Å². The fraction of sp³-hybridized carbons (Fsp3) is 0.857. The van der Waals surface area contributed by atoms with E-state index < -0.39 is 0 Å². The highest BCUT2D eigenvalue weighted by molar-refractivity contribution is 7.99. The SMILES string of the molecule is CC1CCN(c2nnc(SCC(=O)N3CCOC4CCCCC43)n2C2CC2)CC1. The first-order chi connectivity index (χ1) is 14.2. The van der Waals surface area contributed by atoms with E-state index in [0.717, 1.165) is 49.5 Å². The molecule has 1 amide bonds. The molecule has 8 heteroatoms. The normalized spacial score (nSPS) is 28.4. The van der Waals surface area contributed by atoms with Crippen LogP contribution in [-0.4, -0.2) is 69.7 Å². The lowest BCUT2D eigenvalue weighted by Gasteiger charge is -2.43. The molecular weight excluding hydrogens is 386 g/mol. The maximum absolute atomic E-state index is 13.0. The molecule has 0 aromatic carbocycles. The summed E-state index contributed by atoms with van der Waals surface area (Å²) < 4.78 is 8.25. The highest BCUT2D eigenvalue weighted by atomic mass is 32.2. The Labute approximate surface area is 177 Å². The number of piperidine rings is 1. The van der Waals surface area contributed by atoms with E-state index in [2.05, 4.69) is 31.5 Å². The summed E-state index contributed by atoms with van der Waals surface area (Å²) in [5, 5.41) is 9.98. The number of morpholine rings is 1. The van der Waals surface area contributed by atoms with Gasteiger partial charge in [0.25, 0.3) is 0 Å². The third-order valence-corrected chi connectivity index (χ3v) is 7.93. The summed E-state index contributed by atoms with van der Waals surface area (Å²) in [6.45, 7) is 5.86. The molecule has 2 atom stereocenters. The fourth-order valence-corrected chi connectivity index (χ4v) is 5.95. The minimum Gasteiger partial charge on any atom is -0.374 e. The second-order valence-electron chi connectivity index (χ2n) is 9.19. The maximum atomic E-state index is 13.0. The molecule has 4 aliphatic rings. The highest BCUT2D eigenvalue weighted by Crippen LogP contribution is 2.41. The maximum Gasteiger partial charge on any atom is 0.233 e. The Morgan fingerprint density at radius 2 is 1.86 bits per heavy atom. The van der Waals surface area contributed by atoms with Crippen molar-refractivity contribution in [3.05, 3.63) is 0 Å². The molecule has 0 N–H and O–H groups in total. The van der Waals surface area contributed by atoms with Gasteiger partial charge in [-0.25, -0.2) is 0 Å². The summed E-state index contributed by atoms with van der Waals surface area (Å²) in [5.74, 6) is 2.50. The van der Waals surface area contributed by atoms with Crippen molar-refractivity contribution in [1.29, 1.82) is 0 Å². The van der Waals surface area contributed by atoms with E-state index in [1.165, 1.54) is 38.5 Å². The van der Waals surface area contributed by atoms with Crippen LogP contribution in [0.3, 0.4) is 0 Å². The largest absolute Gasteiger partial charge is 0.374 e. The second kappa shape index (κ2) is 8.46. The Morgan fingerprint density at radius 1 is 1.07 bits per heavy atom. The highest BCUT2D eigenvalue weighted by Gasteiger charge is 2.37. The molecule has 7 nitrogen and oxygen atoms in total. The molecule has 160 valence electrons. The molecule has 5 rings (SSSR count). The lowest BCUT2D eigenvalue weighted by atomic mass is 9.90. The Hall–Kier alpha value is -1.28. The molecule has 4 fully saturated rings. The topological polar surface area (TPSA) is 63.5 Å². The van der Waals surface area contributed by atoms with Crippen molar-refractivity contribution in [1.82, 2.24) is 19.7 Å². The first-order valence-corrected chi connectivity index (χ1v) is 12.4. The monoisotopic (exact) mass is 419 g/mol. The number of hydrogen-bond acceptors (Lipinski definition) is 6. The molecule has 29 heavy (non-hydrogen) atoms. The number of carbonyl (C=O) groups is 1. The van der Waals surface area contributed by atoms with Gasteiger partial charge in [-0.2, -0.15) is 0 Å². The molecule has 3 heterocycles. The smallest absolute Gasteiger partial charge is 0.233 e. The molecule has 2 aliphatic heterocycles. The summed E-state index contributed by atoms with van der Waals surface area (Å²) in [6.07, 6.45) is 9.68. The van der Waals surface area contributed by atoms with Gasteiger partial charge in [0.15, 0.2) is 5.16 Å². The van der Waals surface area contributed by atoms with Crippen LogP contribution in [0.5, 0.6) is 0 Å². The van der Waals surface area contributed by atoms with Crippen LogP contribution in [0, 0.1) is 5.92 Å². The molecule has 2 aliphatic carbocycles. The fourth-order valence-electron chi connectivity index (χ4n) is 5.06. The summed E-state index contributed by atoms with van der Waals surface area (Å²) in [4.78, 5) is 17.5. The number of ether oxygens (including phenoxy) is 1. The Kier molecular flexibility index (Phi) is 5.74. The zero-order valence-corrected chi connectivity index (χ0v) is 18.3. The number of anilines is 1. The second-order valence-corrected chi connectivity index (χ2v) is 10.1. The first kappa shape index (κ1) is 19.7. The van der Waals surface area contributed by atoms with Gasteiger partial charge in [-0.1, -0.05) is 31.5 Å². The van der Waals surface area contributed by atoms with Crippen molar-refractivity contribution in [3.8, 4) is 0 Å². The number of aromatic nitrogens is 3. The first-order valence-electron chi connectivity index (χ1n) is 11.4. The molecule has 0 spiro atoms. The number of fused-ring (bicyclic) bond motifs is 1. The van der Waals surface area contributed by atoms with Crippen LogP contribution >= 0.6 is 11.8 Å². The van der Waals surface area contributed by atoms with Crippen LogP contribution in [0.4, 0.5) is 5.95 Å². The van der Waals surface area contributed by atoms with Crippen molar-refractivity contribution in [3.63, 3.8) is 0 Å². The van der Waals surface area contributed by atoms with Gasteiger partial charge in [0.05, 0.1) is 24.5 Å². The van der Waals surface area contributed by atoms with E-state index in [1.54, 1.807) is 11.8 Å². The van der Waals surface area contributed by atoms with Crippen LogP contribution in [0.25, 0.3) is 0 Å². The molecule has 1 aromatic rings. The Bertz CT molecular complexity index is 727. The quantitative estimate of drug-likeness (QED) is 0.684. The third-order valence-electron chi connectivity index (χ3n) is 7.00. The predicted molar refractivity (Wildman–Crippen MR) is 113 cm³/mol. The van der Waals surface area contributed by atoms with Crippen molar-refractivity contribution in [2.75, 3.05) is 36.9 Å². The number of amides is 1. The number of hydrogen-bond donors (Lipinski definition) is 0. The zero-order chi connectivity index (χ0) is 19.8. The molecule has 2 saturated heterocycles. The van der Waals surface area contributed by atoms with Gasteiger partial charge < -0.3 is 14.5 Å². The summed E-state index contributed by atoms with van der Waals surface area (Å²) in [6, 6.07) is 0.792. The van der Waals surface area contributed by atoms with Crippen molar-refractivity contribution >= 4 is 23.6 Å². The molecule has 0 bridgehead atoms. The number of thioether (sulfide) groups is 1. The molecule has 2 saturated carbocycles.